The molecule has 9 nitrogen and oxygen atoms in total. The van der Waals surface area contributed by atoms with Gasteiger partial charge in [0, 0.05) is 24.0 Å². The number of likely N-dealkylation sites (tertiary alicyclic amines) is 1. The van der Waals surface area contributed by atoms with Gasteiger partial charge in [-0.25, -0.2) is 9.37 Å². The summed E-state index contributed by atoms with van der Waals surface area (Å²) in [6.07, 6.45) is 5.39. The molecule has 1 aromatic carbocycles. The number of carbonyl (C=O) groups is 3. The van der Waals surface area contributed by atoms with Gasteiger partial charge in [-0.3, -0.25) is 14.4 Å². The van der Waals surface area contributed by atoms with Crippen molar-refractivity contribution in [3.05, 3.63) is 77.1 Å². The van der Waals surface area contributed by atoms with Gasteiger partial charge in [-0.05, 0) is 37.0 Å². The number of fused-ring (bicyclic) bond motifs is 1. The third kappa shape index (κ3) is 5.35. The molecule has 1 aliphatic carbocycles. The number of nitrogens with one attached hydrogen (secondary N) is 1. The van der Waals surface area contributed by atoms with Crippen LogP contribution in [0.4, 0.5) is 4.39 Å². The second-order valence-electron chi connectivity index (χ2n) is 9.30. The molecular formula is C27H25ClFN3O6. The largest absolute Gasteiger partial charge is 0.481 e. The lowest BCUT2D eigenvalue weighted by Gasteiger charge is -2.25. The van der Waals surface area contributed by atoms with Crippen LogP contribution < -0.4 is 5.32 Å². The highest BCUT2D eigenvalue weighted by atomic mass is 35.5. The number of para-hydroxylation sites is 1. The van der Waals surface area contributed by atoms with Gasteiger partial charge in [-0.15, -0.1) is 11.6 Å². The summed E-state index contributed by atoms with van der Waals surface area (Å²) >= 11 is 6.49. The second kappa shape index (κ2) is 10.8. The molecule has 0 bridgehead atoms. The van der Waals surface area contributed by atoms with E-state index in [0.717, 1.165) is 12.5 Å². The number of hydrogen-bond donors (Lipinski definition) is 2. The van der Waals surface area contributed by atoms with E-state index in [9.17, 15) is 14.4 Å². The highest BCUT2D eigenvalue weighted by Crippen LogP contribution is 2.35. The van der Waals surface area contributed by atoms with Gasteiger partial charge < -0.3 is 24.2 Å². The summed E-state index contributed by atoms with van der Waals surface area (Å²) in [5.41, 5.74) is 1.34. The summed E-state index contributed by atoms with van der Waals surface area (Å²) in [7, 11) is 0. The summed E-state index contributed by atoms with van der Waals surface area (Å²) in [5, 5.41) is 11.4. The normalized spacial score (nSPS) is 19.6. The first kappa shape index (κ1) is 25.7. The number of oxazole rings is 1. The zero-order chi connectivity index (χ0) is 26.8. The Kier molecular flexibility index (Phi) is 7.33. The minimum absolute atomic E-state index is 0.0637. The van der Waals surface area contributed by atoms with Gasteiger partial charge in [0.1, 0.15) is 29.5 Å². The summed E-state index contributed by atoms with van der Waals surface area (Å²) in [6, 6.07) is 6.69. The molecule has 3 heterocycles. The van der Waals surface area contributed by atoms with Crippen LogP contribution in [-0.4, -0.2) is 44.7 Å². The topological polar surface area (TPSA) is 126 Å². The van der Waals surface area contributed by atoms with Crippen LogP contribution in [0, 0.1) is 0 Å². The van der Waals surface area contributed by atoms with Crippen LogP contribution in [0.15, 0.2) is 68.7 Å². The number of furan rings is 1. The Morgan fingerprint density at radius 1 is 1.26 bits per heavy atom. The van der Waals surface area contributed by atoms with E-state index in [1.165, 1.54) is 12.5 Å². The predicted molar refractivity (Wildman–Crippen MR) is 135 cm³/mol. The van der Waals surface area contributed by atoms with Gasteiger partial charge in [-0.1, -0.05) is 18.2 Å². The van der Waals surface area contributed by atoms with E-state index in [1.54, 1.807) is 29.2 Å². The maximum Gasteiger partial charge on any atom is 0.303 e. The number of halogens is 2. The van der Waals surface area contributed by atoms with Crippen LogP contribution in [-0.2, 0) is 16.0 Å². The van der Waals surface area contributed by atoms with Crippen molar-refractivity contribution in [2.45, 2.75) is 49.9 Å². The van der Waals surface area contributed by atoms with Crippen molar-refractivity contribution >= 4 is 40.4 Å². The minimum Gasteiger partial charge on any atom is -0.481 e. The average molecular weight is 542 g/mol. The lowest BCUT2D eigenvalue weighted by atomic mass is 9.97. The molecule has 2 aliphatic rings. The number of alkyl halides is 1. The summed E-state index contributed by atoms with van der Waals surface area (Å²) in [4.78, 5) is 42.6. The number of benzene rings is 1. The molecule has 1 unspecified atom stereocenters. The van der Waals surface area contributed by atoms with Gasteiger partial charge >= 0.3 is 5.97 Å². The Morgan fingerprint density at radius 3 is 2.89 bits per heavy atom. The molecule has 2 amide bonds. The standard InChI is InChI=1S/C27H25ClFN3O6/c28-19-10-15(20(29)12-21(19)31-26(36)18-14-37-23-6-2-1-4-17(18)23)11-24(33)32-9-3-5-22(32)27-30-13-16(38-27)7-8-25(34)35/h1-2,4,6,12-14,19,22H,3,5,7-11H2,(H,31,36)(H,34,35)/t19?,22-/m0/s1. The predicted octanol–water partition coefficient (Wildman–Crippen LogP) is 5.04. The van der Waals surface area contributed by atoms with Crippen molar-refractivity contribution in [1.29, 1.82) is 0 Å². The first-order valence-corrected chi connectivity index (χ1v) is 12.7. The molecule has 1 saturated heterocycles. The van der Waals surface area contributed by atoms with Gasteiger partial charge in [0.15, 0.2) is 0 Å². The zero-order valence-corrected chi connectivity index (χ0v) is 21.0. The Morgan fingerprint density at radius 2 is 2.08 bits per heavy atom. The molecule has 0 radical (unpaired) electrons. The number of aliphatic carboxylic acids is 1. The maximum atomic E-state index is 15.1. The smallest absolute Gasteiger partial charge is 0.303 e. The third-order valence-electron chi connectivity index (χ3n) is 6.75. The number of allylic oxidation sites excluding steroid dienone is 3. The molecule has 2 aromatic heterocycles. The summed E-state index contributed by atoms with van der Waals surface area (Å²) < 4.78 is 26.2. The number of carboxylic acids is 1. The van der Waals surface area contributed by atoms with Crippen molar-refractivity contribution in [3.8, 4) is 0 Å². The second-order valence-corrected chi connectivity index (χ2v) is 9.83. The lowest BCUT2D eigenvalue weighted by Crippen LogP contribution is -2.32. The number of carboxylic acid groups (broad SMARTS) is 1. The van der Waals surface area contributed by atoms with Crippen LogP contribution in [0.3, 0.4) is 0 Å². The number of nitrogens with zero attached hydrogens (tertiary/aromatic N) is 2. The fraction of sp³-hybridized carbons (Fsp3) is 0.333. The van der Waals surface area contributed by atoms with Crippen LogP contribution in [0.1, 0.15) is 60.2 Å². The van der Waals surface area contributed by atoms with Crippen molar-refractivity contribution in [2.24, 2.45) is 0 Å². The molecule has 0 saturated carbocycles. The average Bonchev–Trinajstić information content (AvgIpc) is 3.64. The molecule has 38 heavy (non-hydrogen) atoms. The molecular weight excluding hydrogens is 517 g/mol. The first-order chi connectivity index (χ1) is 18.3. The number of rotatable bonds is 8. The van der Waals surface area contributed by atoms with Gasteiger partial charge in [0.25, 0.3) is 5.91 Å². The zero-order valence-electron chi connectivity index (χ0n) is 20.3. The molecule has 198 valence electrons. The maximum absolute atomic E-state index is 15.1. The van der Waals surface area contributed by atoms with Crippen LogP contribution in [0.25, 0.3) is 11.0 Å². The number of amides is 2. The molecule has 3 aromatic rings. The molecule has 0 spiro atoms. The highest BCUT2D eigenvalue weighted by molar-refractivity contribution is 6.23. The molecule has 1 fully saturated rings. The SMILES string of the molecule is O=C(O)CCc1cnc([C@@H]2CCCN2C(=O)CC2=C(F)C=C(NC(=O)c3coc4ccccc34)C(Cl)C2)o1. The Hall–Kier alpha value is -3.92. The highest BCUT2D eigenvalue weighted by Gasteiger charge is 2.35. The number of carbonyl (C=O) groups excluding carboxylic acids is 2. The summed E-state index contributed by atoms with van der Waals surface area (Å²) in [5.74, 6) is -1.50. The Bertz CT molecular complexity index is 1460. The molecule has 5 rings (SSSR count). The van der Waals surface area contributed by atoms with Crippen LogP contribution in [0.5, 0.6) is 0 Å². The van der Waals surface area contributed by atoms with Crippen molar-refractivity contribution in [1.82, 2.24) is 15.2 Å². The van der Waals surface area contributed by atoms with Crippen LogP contribution >= 0.6 is 11.6 Å². The van der Waals surface area contributed by atoms with E-state index in [2.05, 4.69) is 10.3 Å². The fourth-order valence-corrected chi connectivity index (χ4v) is 5.11. The number of aryl methyl sites for hydroxylation is 1. The quantitative estimate of drug-likeness (QED) is 0.382. The minimum atomic E-state index is -0.937. The Balaban J connectivity index is 1.26. The van der Waals surface area contributed by atoms with E-state index in [0.29, 0.717) is 41.1 Å². The lowest BCUT2D eigenvalue weighted by molar-refractivity contribution is -0.137. The van der Waals surface area contributed by atoms with E-state index < -0.39 is 29.1 Å². The van der Waals surface area contributed by atoms with Gasteiger partial charge in [-0.2, -0.15) is 0 Å². The van der Waals surface area contributed by atoms with E-state index in [4.69, 9.17) is 25.5 Å². The first-order valence-electron chi connectivity index (χ1n) is 12.3. The van der Waals surface area contributed by atoms with Crippen molar-refractivity contribution in [2.75, 3.05) is 6.54 Å². The molecule has 2 atom stereocenters. The van der Waals surface area contributed by atoms with E-state index in [1.807, 2.05) is 0 Å². The van der Waals surface area contributed by atoms with Crippen molar-refractivity contribution < 1.29 is 32.7 Å². The van der Waals surface area contributed by atoms with Gasteiger partial charge in [0.2, 0.25) is 11.8 Å². The van der Waals surface area contributed by atoms with Gasteiger partial charge in [0.05, 0.1) is 30.0 Å². The van der Waals surface area contributed by atoms with Crippen LogP contribution in [0.2, 0.25) is 0 Å². The van der Waals surface area contributed by atoms with E-state index in [-0.39, 0.29) is 42.9 Å². The van der Waals surface area contributed by atoms with Crippen molar-refractivity contribution in [3.63, 3.8) is 0 Å². The summed E-state index contributed by atoms with van der Waals surface area (Å²) in [6.45, 7) is 0.478. The third-order valence-corrected chi connectivity index (χ3v) is 7.14. The monoisotopic (exact) mass is 541 g/mol. The Labute approximate surface area is 221 Å². The molecule has 2 N–H and O–H groups in total. The number of hydrogen-bond acceptors (Lipinski definition) is 6. The molecule has 1 aliphatic heterocycles. The van der Waals surface area contributed by atoms with E-state index >= 15 is 4.39 Å². The fourth-order valence-electron chi connectivity index (χ4n) is 4.80. The molecule has 11 heteroatoms. The number of aromatic nitrogens is 1.